The second-order valence-electron chi connectivity index (χ2n) is 4.13. The number of nitrogens with zero attached hydrogens (tertiary/aromatic N) is 2. The van der Waals surface area contributed by atoms with E-state index in [1.54, 1.807) is 4.90 Å². The van der Waals surface area contributed by atoms with E-state index in [9.17, 15) is 13.2 Å². The Bertz CT molecular complexity index is 362. The van der Waals surface area contributed by atoms with Crippen molar-refractivity contribution in [2.24, 2.45) is 5.73 Å². The summed E-state index contributed by atoms with van der Waals surface area (Å²) in [5.74, 6) is -0.900. The van der Waals surface area contributed by atoms with Crippen LogP contribution < -0.4 is 5.73 Å². The van der Waals surface area contributed by atoms with Gasteiger partial charge in [0, 0.05) is 26.2 Å². The van der Waals surface area contributed by atoms with E-state index in [2.05, 4.69) is 0 Å². The van der Waals surface area contributed by atoms with Crippen molar-refractivity contribution in [3.63, 3.8) is 0 Å². The molecular weight excluding hydrogens is 246 g/mol. The van der Waals surface area contributed by atoms with Gasteiger partial charge in [-0.2, -0.15) is 4.31 Å². The Balaban J connectivity index is 2.58. The molecule has 1 saturated heterocycles. The van der Waals surface area contributed by atoms with Crippen LogP contribution in [0.3, 0.4) is 0 Å². The van der Waals surface area contributed by atoms with Gasteiger partial charge in [-0.3, -0.25) is 9.69 Å². The predicted molar refractivity (Wildman–Crippen MR) is 63.1 cm³/mol. The number of piperazine rings is 1. The molecule has 1 fully saturated rings. The molecule has 0 radical (unpaired) electrons. The molecule has 0 spiro atoms. The minimum Gasteiger partial charge on any atom is -0.480 e. The van der Waals surface area contributed by atoms with E-state index in [-0.39, 0.29) is 0 Å². The number of carbonyl (C=O) groups is 1. The van der Waals surface area contributed by atoms with Crippen LogP contribution in [0.1, 0.15) is 6.42 Å². The van der Waals surface area contributed by atoms with E-state index in [0.717, 1.165) is 6.26 Å². The van der Waals surface area contributed by atoms with Gasteiger partial charge in [0.1, 0.15) is 6.04 Å². The summed E-state index contributed by atoms with van der Waals surface area (Å²) in [4.78, 5) is 12.8. The highest BCUT2D eigenvalue weighted by Crippen LogP contribution is 2.11. The number of nitrogens with two attached hydrogens (primary N) is 1. The summed E-state index contributed by atoms with van der Waals surface area (Å²) in [6.07, 6.45) is 1.55. The van der Waals surface area contributed by atoms with Crippen molar-refractivity contribution in [2.45, 2.75) is 12.5 Å². The van der Waals surface area contributed by atoms with Gasteiger partial charge in [-0.15, -0.1) is 0 Å². The van der Waals surface area contributed by atoms with Crippen molar-refractivity contribution >= 4 is 16.0 Å². The van der Waals surface area contributed by atoms with Crippen LogP contribution in [0, 0.1) is 0 Å². The van der Waals surface area contributed by atoms with Crippen LogP contribution in [0.4, 0.5) is 0 Å². The third-order valence-electron chi connectivity index (χ3n) is 2.91. The molecule has 0 bridgehead atoms. The number of carboxylic acid groups (broad SMARTS) is 1. The summed E-state index contributed by atoms with van der Waals surface area (Å²) in [7, 11) is -3.17. The van der Waals surface area contributed by atoms with Gasteiger partial charge in [0.25, 0.3) is 0 Å². The molecule has 100 valence electrons. The molecule has 1 heterocycles. The molecular formula is C9H19N3O4S. The fourth-order valence-electron chi connectivity index (χ4n) is 1.97. The van der Waals surface area contributed by atoms with Gasteiger partial charge in [-0.05, 0) is 13.0 Å². The van der Waals surface area contributed by atoms with Crippen LogP contribution >= 0.6 is 0 Å². The van der Waals surface area contributed by atoms with Gasteiger partial charge in [0.05, 0.1) is 6.26 Å². The highest BCUT2D eigenvalue weighted by molar-refractivity contribution is 7.88. The third kappa shape index (κ3) is 3.91. The summed E-state index contributed by atoms with van der Waals surface area (Å²) in [6.45, 7) is 1.86. The fraction of sp³-hybridized carbons (Fsp3) is 0.889. The number of hydrogen-bond donors (Lipinski definition) is 2. The topological polar surface area (TPSA) is 104 Å². The third-order valence-corrected chi connectivity index (χ3v) is 4.21. The number of carboxylic acids is 1. The van der Waals surface area contributed by atoms with Gasteiger partial charge in [-0.1, -0.05) is 0 Å². The maximum Gasteiger partial charge on any atom is 0.320 e. The van der Waals surface area contributed by atoms with E-state index in [1.165, 1.54) is 4.31 Å². The quantitative estimate of drug-likeness (QED) is 0.618. The van der Waals surface area contributed by atoms with Crippen LogP contribution in [0.15, 0.2) is 0 Å². The van der Waals surface area contributed by atoms with E-state index in [0.29, 0.717) is 39.1 Å². The zero-order valence-corrected chi connectivity index (χ0v) is 10.7. The van der Waals surface area contributed by atoms with Gasteiger partial charge in [0.15, 0.2) is 0 Å². The Morgan fingerprint density at radius 2 is 1.88 bits per heavy atom. The average molecular weight is 265 g/mol. The number of rotatable bonds is 5. The van der Waals surface area contributed by atoms with Crippen LogP contribution in [-0.4, -0.2) is 73.7 Å². The second-order valence-corrected chi connectivity index (χ2v) is 6.11. The van der Waals surface area contributed by atoms with Crippen LogP contribution in [0.2, 0.25) is 0 Å². The molecule has 0 aromatic carbocycles. The Hall–Kier alpha value is -0.700. The Labute approximate surface area is 101 Å². The molecule has 0 aromatic rings. The summed E-state index contributed by atoms with van der Waals surface area (Å²) < 4.78 is 24.0. The highest BCUT2D eigenvalue weighted by Gasteiger charge is 2.30. The largest absolute Gasteiger partial charge is 0.480 e. The Kier molecular flexibility index (Phi) is 4.87. The maximum absolute atomic E-state index is 11.3. The molecule has 1 rings (SSSR count). The molecule has 0 aromatic heterocycles. The van der Waals surface area contributed by atoms with Crippen LogP contribution in [-0.2, 0) is 14.8 Å². The van der Waals surface area contributed by atoms with Crippen molar-refractivity contribution in [3.8, 4) is 0 Å². The minimum absolute atomic E-state index is 0.309. The number of aliphatic carboxylic acids is 1. The first-order valence-electron chi connectivity index (χ1n) is 5.48. The summed E-state index contributed by atoms with van der Waals surface area (Å²) >= 11 is 0. The number of sulfonamides is 1. The van der Waals surface area contributed by atoms with Gasteiger partial charge in [0.2, 0.25) is 10.0 Å². The van der Waals surface area contributed by atoms with E-state index >= 15 is 0 Å². The standard InChI is InChI=1S/C9H19N3O4S/c1-17(15,16)12-6-4-11(5-7-12)8(2-3-10)9(13)14/h8H,2-7,10H2,1H3,(H,13,14). The average Bonchev–Trinajstić information content (AvgIpc) is 2.24. The normalized spacial score (nSPS) is 21.3. The number of hydrogen-bond acceptors (Lipinski definition) is 5. The van der Waals surface area contributed by atoms with E-state index in [4.69, 9.17) is 10.8 Å². The molecule has 1 unspecified atom stereocenters. The first-order chi connectivity index (χ1) is 7.86. The lowest BCUT2D eigenvalue weighted by Crippen LogP contribution is -2.54. The first kappa shape index (κ1) is 14.4. The molecule has 1 aliphatic rings. The molecule has 1 aliphatic heterocycles. The molecule has 8 heteroatoms. The highest BCUT2D eigenvalue weighted by atomic mass is 32.2. The fourth-order valence-corrected chi connectivity index (χ4v) is 2.79. The maximum atomic E-state index is 11.3. The SMILES string of the molecule is CS(=O)(=O)N1CCN(C(CCN)C(=O)O)CC1. The van der Waals surface area contributed by atoms with Crippen LogP contribution in [0.25, 0.3) is 0 Å². The monoisotopic (exact) mass is 265 g/mol. The zero-order valence-electron chi connectivity index (χ0n) is 9.87. The zero-order chi connectivity index (χ0) is 13.1. The lowest BCUT2D eigenvalue weighted by atomic mass is 10.1. The summed E-state index contributed by atoms with van der Waals surface area (Å²) in [5.41, 5.74) is 5.37. The summed E-state index contributed by atoms with van der Waals surface area (Å²) in [5, 5.41) is 9.05. The van der Waals surface area contributed by atoms with Gasteiger partial charge < -0.3 is 10.8 Å². The molecule has 0 saturated carbocycles. The first-order valence-corrected chi connectivity index (χ1v) is 7.33. The minimum atomic E-state index is -3.17. The lowest BCUT2D eigenvalue weighted by molar-refractivity contribution is -0.144. The second kappa shape index (κ2) is 5.76. The predicted octanol–water partition coefficient (Wildman–Crippen LogP) is -1.63. The van der Waals surface area contributed by atoms with Crippen molar-refractivity contribution < 1.29 is 18.3 Å². The van der Waals surface area contributed by atoms with Crippen molar-refractivity contribution in [3.05, 3.63) is 0 Å². The Morgan fingerprint density at radius 1 is 1.35 bits per heavy atom. The van der Waals surface area contributed by atoms with Gasteiger partial charge >= 0.3 is 5.97 Å². The van der Waals surface area contributed by atoms with Crippen molar-refractivity contribution in [1.29, 1.82) is 0 Å². The molecule has 1 atom stereocenters. The van der Waals surface area contributed by atoms with Gasteiger partial charge in [-0.25, -0.2) is 8.42 Å². The van der Waals surface area contributed by atoms with E-state index < -0.39 is 22.0 Å². The van der Waals surface area contributed by atoms with Crippen molar-refractivity contribution in [1.82, 2.24) is 9.21 Å². The smallest absolute Gasteiger partial charge is 0.320 e. The lowest BCUT2D eigenvalue weighted by Gasteiger charge is -2.36. The van der Waals surface area contributed by atoms with Crippen molar-refractivity contribution in [2.75, 3.05) is 39.0 Å². The molecule has 7 nitrogen and oxygen atoms in total. The van der Waals surface area contributed by atoms with Crippen LogP contribution in [0.5, 0.6) is 0 Å². The van der Waals surface area contributed by atoms with E-state index in [1.807, 2.05) is 0 Å². The molecule has 17 heavy (non-hydrogen) atoms. The molecule has 0 amide bonds. The Morgan fingerprint density at radius 3 is 2.24 bits per heavy atom. The summed E-state index contributed by atoms with van der Waals surface area (Å²) in [6, 6.07) is -0.610. The molecule has 3 N–H and O–H groups in total. The molecule has 0 aliphatic carbocycles.